The molecule has 0 aromatic rings. The van der Waals surface area contributed by atoms with E-state index in [0.29, 0.717) is 0 Å². The Bertz CT molecular complexity index is 211. The molecule has 0 amide bonds. The predicted molar refractivity (Wildman–Crippen MR) is 64.0 cm³/mol. The molecular weight excluding hydrogens is 222 g/mol. The Balaban J connectivity index is 1.83. The second kappa shape index (κ2) is 5.71. The maximum atomic E-state index is 5.53. The van der Waals surface area contributed by atoms with Crippen LogP contribution in [0, 0.1) is 0 Å². The molecule has 2 fully saturated rings. The van der Waals surface area contributed by atoms with E-state index in [-0.39, 0.29) is 24.4 Å². The summed E-state index contributed by atoms with van der Waals surface area (Å²) in [5.74, 6) is 0. The minimum atomic E-state index is -0.698. The molecule has 2 aliphatic rings. The summed E-state index contributed by atoms with van der Waals surface area (Å²) in [5, 5.41) is 0. The third kappa shape index (κ3) is 3.96. The first-order valence-electron chi connectivity index (χ1n) is 6.30. The van der Waals surface area contributed by atoms with Gasteiger partial charge in [0.2, 0.25) is 0 Å². The fourth-order valence-electron chi connectivity index (χ4n) is 2.20. The Hall–Kier alpha value is -0.0701. The van der Waals surface area contributed by atoms with Crippen molar-refractivity contribution in [1.29, 1.82) is 0 Å². The van der Waals surface area contributed by atoms with E-state index in [1.807, 2.05) is 27.7 Å². The lowest BCUT2D eigenvalue weighted by Crippen LogP contribution is -2.49. The van der Waals surface area contributed by atoms with Gasteiger partial charge in [-0.05, 0) is 40.5 Å². The van der Waals surface area contributed by atoms with Gasteiger partial charge in [-0.3, -0.25) is 0 Å². The molecule has 17 heavy (non-hydrogen) atoms. The number of rotatable bonds is 2. The summed E-state index contributed by atoms with van der Waals surface area (Å²) < 4.78 is 27.6. The summed E-state index contributed by atoms with van der Waals surface area (Å²) in [4.78, 5) is 0. The quantitative estimate of drug-likeness (QED) is 0.684. The molecule has 2 rings (SSSR count). The molecule has 2 aliphatic heterocycles. The Kier molecular flexibility index (Phi) is 4.49. The van der Waals surface area contributed by atoms with E-state index in [1.54, 1.807) is 0 Å². The standard InChI is InChI=1S/C10H20B2O5/c1-7-5-8(2)14-11(13-7)17-12-15-9(3)6-10(4)16-12/h7-10H,5-6H2,1-4H3. The van der Waals surface area contributed by atoms with Crippen molar-refractivity contribution in [1.82, 2.24) is 0 Å². The topological polar surface area (TPSA) is 46.2 Å². The highest BCUT2D eigenvalue weighted by Crippen LogP contribution is 2.20. The molecular formula is C10H20B2O5. The fourth-order valence-corrected chi connectivity index (χ4v) is 2.20. The van der Waals surface area contributed by atoms with E-state index in [4.69, 9.17) is 23.2 Å². The van der Waals surface area contributed by atoms with Crippen molar-refractivity contribution in [3.05, 3.63) is 0 Å². The van der Waals surface area contributed by atoms with Crippen molar-refractivity contribution >= 4 is 14.6 Å². The van der Waals surface area contributed by atoms with Crippen molar-refractivity contribution in [2.45, 2.75) is 65.0 Å². The molecule has 2 heterocycles. The SMILES string of the molecule is CC1CC(C)OB(OB2OC(C)CC(C)O2)O1. The molecule has 0 aromatic heterocycles. The average Bonchev–Trinajstić information content (AvgIpc) is 2.13. The molecule has 0 aromatic carbocycles. The van der Waals surface area contributed by atoms with Crippen LogP contribution in [0.25, 0.3) is 0 Å². The van der Waals surface area contributed by atoms with Crippen molar-refractivity contribution in [3.8, 4) is 0 Å². The maximum Gasteiger partial charge on any atom is 0.627 e. The molecule has 0 bridgehead atoms. The number of hydrogen-bond acceptors (Lipinski definition) is 5. The Labute approximate surface area is 103 Å². The van der Waals surface area contributed by atoms with Gasteiger partial charge in [0.15, 0.2) is 0 Å². The minimum absolute atomic E-state index is 0.127. The highest BCUT2D eigenvalue weighted by molar-refractivity contribution is 6.52. The van der Waals surface area contributed by atoms with Gasteiger partial charge in [-0.15, -0.1) is 0 Å². The zero-order chi connectivity index (χ0) is 12.4. The van der Waals surface area contributed by atoms with Crippen LogP contribution in [0.1, 0.15) is 40.5 Å². The van der Waals surface area contributed by atoms with E-state index in [0.717, 1.165) is 12.8 Å². The van der Waals surface area contributed by atoms with E-state index in [2.05, 4.69) is 0 Å². The van der Waals surface area contributed by atoms with Crippen LogP contribution in [0.15, 0.2) is 0 Å². The van der Waals surface area contributed by atoms with Crippen LogP contribution in [-0.2, 0) is 23.2 Å². The zero-order valence-electron chi connectivity index (χ0n) is 10.9. The van der Waals surface area contributed by atoms with Gasteiger partial charge in [0.25, 0.3) is 0 Å². The summed E-state index contributed by atoms with van der Waals surface area (Å²) in [6.45, 7) is 8.01. The Morgan fingerprint density at radius 1 is 0.706 bits per heavy atom. The van der Waals surface area contributed by atoms with Crippen molar-refractivity contribution in [3.63, 3.8) is 0 Å². The van der Waals surface area contributed by atoms with E-state index < -0.39 is 14.6 Å². The minimum Gasteiger partial charge on any atom is -0.399 e. The first-order chi connectivity index (χ1) is 8.02. The average molecular weight is 242 g/mol. The van der Waals surface area contributed by atoms with Gasteiger partial charge >= 0.3 is 14.6 Å². The third-order valence-electron chi connectivity index (χ3n) is 2.92. The van der Waals surface area contributed by atoms with Gasteiger partial charge < -0.3 is 23.2 Å². The fraction of sp³-hybridized carbons (Fsp3) is 1.00. The smallest absolute Gasteiger partial charge is 0.399 e. The molecule has 0 aliphatic carbocycles. The third-order valence-corrected chi connectivity index (χ3v) is 2.92. The lowest BCUT2D eigenvalue weighted by molar-refractivity contribution is -0.0384. The van der Waals surface area contributed by atoms with Gasteiger partial charge in [-0.2, -0.15) is 0 Å². The predicted octanol–water partition coefficient (Wildman–Crippen LogP) is 1.40. The molecule has 2 saturated heterocycles. The molecule has 7 heteroatoms. The highest BCUT2D eigenvalue weighted by Gasteiger charge is 2.41. The monoisotopic (exact) mass is 242 g/mol. The Morgan fingerprint density at radius 2 is 1.00 bits per heavy atom. The second-order valence-corrected chi connectivity index (χ2v) is 4.97. The lowest BCUT2D eigenvalue weighted by atomic mass is 9.99. The van der Waals surface area contributed by atoms with Crippen LogP contribution in [-0.4, -0.2) is 39.1 Å². The van der Waals surface area contributed by atoms with Crippen LogP contribution in [0.2, 0.25) is 0 Å². The van der Waals surface area contributed by atoms with Gasteiger partial charge in [-0.1, -0.05) is 0 Å². The highest BCUT2D eigenvalue weighted by atomic mass is 16.8. The van der Waals surface area contributed by atoms with Crippen LogP contribution in [0.5, 0.6) is 0 Å². The van der Waals surface area contributed by atoms with Gasteiger partial charge in [0.05, 0.1) is 0 Å². The zero-order valence-corrected chi connectivity index (χ0v) is 10.9. The van der Waals surface area contributed by atoms with Gasteiger partial charge in [0.1, 0.15) is 0 Å². The summed E-state index contributed by atoms with van der Waals surface area (Å²) in [6.07, 6.45) is 2.26. The van der Waals surface area contributed by atoms with Crippen molar-refractivity contribution in [2.75, 3.05) is 0 Å². The van der Waals surface area contributed by atoms with Crippen LogP contribution in [0.4, 0.5) is 0 Å². The summed E-state index contributed by atoms with van der Waals surface area (Å²) in [7, 11) is -1.40. The van der Waals surface area contributed by atoms with E-state index in [1.165, 1.54) is 0 Å². The first-order valence-corrected chi connectivity index (χ1v) is 6.30. The summed E-state index contributed by atoms with van der Waals surface area (Å²) >= 11 is 0. The summed E-state index contributed by atoms with van der Waals surface area (Å²) in [6, 6.07) is 0. The van der Waals surface area contributed by atoms with Gasteiger partial charge in [-0.25, -0.2) is 0 Å². The van der Waals surface area contributed by atoms with Gasteiger partial charge in [0, 0.05) is 24.4 Å². The largest absolute Gasteiger partial charge is 0.627 e. The second-order valence-electron chi connectivity index (χ2n) is 4.97. The van der Waals surface area contributed by atoms with Crippen LogP contribution >= 0.6 is 0 Å². The molecule has 0 N–H and O–H groups in total. The molecule has 96 valence electrons. The normalized spacial score (nSPS) is 39.5. The van der Waals surface area contributed by atoms with Crippen molar-refractivity contribution < 1.29 is 23.2 Å². The lowest BCUT2D eigenvalue weighted by Gasteiger charge is -2.34. The molecule has 0 spiro atoms. The Morgan fingerprint density at radius 3 is 1.29 bits per heavy atom. The molecule has 4 unspecified atom stereocenters. The summed E-state index contributed by atoms with van der Waals surface area (Å²) in [5.41, 5.74) is 0. The molecule has 5 nitrogen and oxygen atoms in total. The number of hydrogen-bond donors (Lipinski definition) is 0. The first kappa shape index (κ1) is 13.4. The van der Waals surface area contributed by atoms with E-state index >= 15 is 0 Å². The van der Waals surface area contributed by atoms with E-state index in [9.17, 15) is 0 Å². The molecule has 0 radical (unpaired) electrons. The molecule has 4 atom stereocenters. The van der Waals surface area contributed by atoms with Crippen LogP contribution in [0.3, 0.4) is 0 Å². The maximum absolute atomic E-state index is 5.53. The van der Waals surface area contributed by atoms with Crippen LogP contribution < -0.4 is 0 Å². The van der Waals surface area contributed by atoms with Crippen molar-refractivity contribution in [2.24, 2.45) is 0 Å². The molecule has 0 saturated carbocycles.